The fourth-order valence-corrected chi connectivity index (χ4v) is 3.68. The Hall–Kier alpha value is -3.64. The van der Waals surface area contributed by atoms with Crippen LogP contribution in [0.25, 0.3) is 0 Å². The molecule has 0 aromatic heterocycles. The Bertz CT molecular complexity index is 1040. The Balaban J connectivity index is 1.92. The van der Waals surface area contributed by atoms with E-state index in [0.29, 0.717) is 12.2 Å². The van der Waals surface area contributed by atoms with Gasteiger partial charge in [-0.15, -0.1) is 0 Å². The molecule has 0 fully saturated rings. The molecule has 0 heterocycles. The third kappa shape index (κ3) is 6.93. The van der Waals surface area contributed by atoms with Crippen molar-refractivity contribution in [1.82, 2.24) is 10.4 Å². The number of hydrazine groups is 1. The van der Waals surface area contributed by atoms with E-state index < -0.39 is 18.0 Å². The third-order valence-electron chi connectivity index (χ3n) is 5.55. The second-order valence-corrected chi connectivity index (χ2v) is 8.32. The molecule has 178 valence electrons. The van der Waals surface area contributed by atoms with Gasteiger partial charge in [0.1, 0.15) is 11.8 Å². The lowest BCUT2D eigenvalue weighted by Crippen LogP contribution is -2.55. The van der Waals surface area contributed by atoms with E-state index in [0.717, 1.165) is 29.5 Å². The van der Waals surface area contributed by atoms with Crippen molar-refractivity contribution in [2.24, 2.45) is 5.73 Å². The van der Waals surface area contributed by atoms with Crippen LogP contribution < -0.4 is 15.9 Å². The van der Waals surface area contributed by atoms with Crippen LogP contribution in [0, 0.1) is 6.92 Å². The molecule has 3 rings (SSSR count). The quantitative estimate of drug-likeness (QED) is 0.436. The van der Waals surface area contributed by atoms with Crippen molar-refractivity contribution in [2.75, 3.05) is 6.61 Å². The van der Waals surface area contributed by atoms with Crippen molar-refractivity contribution in [3.63, 3.8) is 0 Å². The lowest BCUT2D eigenvalue weighted by atomic mass is 9.96. The highest BCUT2D eigenvalue weighted by atomic mass is 16.5. The number of benzene rings is 3. The number of carbonyl (C=O) groups is 2. The van der Waals surface area contributed by atoms with Gasteiger partial charge in [-0.2, -0.15) is 0 Å². The number of para-hydroxylation sites is 1. The summed E-state index contributed by atoms with van der Waals surface area (Å²) in [6.45, 7) is 3.83. The van der Waals surface area contributed by atoms with Crippen molar-refractivity contribution in [2.45, 2.75) is 45.2 Å². The Morgan fingerprint density at radius 1 is 0.912 bits per heavy atom. The van der Waals surface area contributed by atoms with E-state index in [1.54, 1.807) is 12.1 Å². The number of nitrogens with two attached hydrogens (primary N) is 1. The van der Waals surface area contributed by atoms with Gasteiger partial charge in [-0.1, -0.05) is 98.1 Å². The summed E-state index contributed by atoms with van der Waals surface area (Å²) in [6.07, 6.45) is 2.29. The fourth-order valence-electron chi connectivity index (χ4n) is 3.68. The molecule has 0 saturated heterocycles. The molecule has 0 aliphatic rings. The molecule has 2 atom stereocenters. The van der Waals surface area contributed by atoms with Crippen LogP contribution in [0.4, 0.5) is 0 Å². The van der Waals surface area contributed by atoms with Gasteiger partial charge < -0.3 is 10.5 Å². The van der Waals surface area contributed by atoms with Crippen LogP contribution in [0.3, 0.4) is 0 Å². The maximum absolute atomic E-state index is 13.6. The molecular weight excluding hydrogens is 426 g/mol. The SMILES string of the molecule is CCCC[C@H](N)C(=O)N(NC(=O)COc1ccccc1)C(c1ccccc1)c1ccc(C)cc1. The first-order valence-electron chi connectivity index (χ1n) is 11.7. The Morgan fingerprint density at radius 2 is 1.50 bits per heavy atom. The molecule has 0 aliphatic carbocycles. The predicted molar refractivity (Wildman–Crippen MR) is 134 cm³/mol. The second kappa shape index (κ2) is 12.6. The van der Waals surface area contributed by atoms with Crippen LogP contribution in [-0.2, 0) is 9.59 Å². The summed E-state index contributed by atoms with van der Waals surface area (Å²) in [4.78, 5) is 26.5. The summed E-state index contributed by atoms with van der Waals surface area (Å²) >= 11 is 0. The average molecular weight is 460 g/mol. The van der Waals surface area contributed by atoms with Crippen molar-refractivity contribution >= 4 is 11.8 Å². The normalized spacial score (nSPS) is 12.4. The minimum Gasteiger partial charge on any atom is -0.484 e. The molecule has 3 N–H and O–H groups in total. The van der Waals surface area contributed by atoms with Crippen LogP contribution in [0.2, 0.25) is 0 Å². The first kappa shape index (κ1) is 25.0. The summed E-state index contributed by atoms with van der Waals surface area (Å²) in [5.74, 6) is -0.197. The first-order valence-corrected chi connectivity index (χ1v) is 11.7. The molecular formula is C28H33N3O3. The van der Waals surface area contributed by atoms with Crippen LogP contribution >= 0.6 is 0 Å². The minimum absolute atomic E-state index is 0.229. The molecule has 0 bridgehead atoms. The number of unbranched alkanes of at least 4 members (excludes halogenated alkanes) is 1. The van der Waals surface area contributed by atoms with Crippen molar-refractivity contribution in [3.8, 4) is 5.75 Å². The first-order chi connectivity index (χ1) is 16.5. The smallest absolute Gasteiger partial charge is 0.276 e. The van der Waals surface area contributed by atoms with Gasteiger partial charge in [0.25, 0.3) is 11.8 Å². The summed E-state index contributed by atoms with van der Waals surface area (Å²) in [5, 5.41) is 1.37. The highest BCUT2D eigenvalue weighted by Crippen LogP contribution is 2.28. The number of carbonyl (C=O) groups excluding carboxylic acids is 2. The van der Waals surface area contributed by atoms with E-state index in [4.69, 9.17) is 10.5 Å². The van der Waals surface area contributed by atoms with E-state index in [-0.39, 0.29) is 12.5 Å². The molecule has 0 radical (unpaired) electrons. The fraction of sp³-hybridized carbons (Fsp3) is 0.286. The van der Waals surface area contributed by atoms with Crippen molar-refractivity contribution in [3.05, 3.63) is 102 Å². The van der Waals surface area contributed by atoms with Gasteiger partial charge in [0, 0.05) is 0 Å². The lowest BCUT2D eigenvalue weighted by molar-refractivity contribution is -0.145. The standard InChI is InChI=1S/C28H33N3O3/c1-3-4-15-25(29)28(33)31(30-26(32)20-34-24-13-9-6-10-14-24)27(22-11-7-5-8-12-22)23-18-16-21(2)17-19-23/h5-14,16-19,25,27H,3-4,15,20,29H2,1-2H3,(H,30,32)/t25-,27?/m0/s1. The van der Waals surface area contributed by atoms with Gasteiger partial charge in [-0.25, -0.2) is 5.01 Å². The maximum atomic E-state index is 13.6. The Labute approximate surface area is 201 Å². The third-order valence-corrected chi connectivity index (χ3v) is 5.55. The molecule has 0 spiro atoms. The summed E-state index contributed by atoms with van der Waals surface area (Å²) in [6, 6.07) is 25.4. The number of amides is 2. The Morgan fingerprint density at radius 3 is 2.12 bits per heavy atom. The largest absolute Gasteiger partial charge is 0.484 e. The number of hydrogen-bond donors (Lipinski definition) is 2. The summed E-state index contributed by atoms with van der Waals surface area (Å²) in [5.41, 5.74) is 11.9. The molecule has 6 nitrogen and oxygen atoms in total. The van der Waals surface area contributed by atoms with Gasteiger partial charge in [0.2, 0.25) is 0 Å². The number of hydrogen-bond acceptors (Lipinski definition) is 4. The van der Waals surface area contributed by atoms with E-state index in [2.05, 4.69) is 12.3 Å². The van der Waals surface area contributed by atoms with Crippen LogP contribution in [0.15, 0.2) is 84.9 Å². The van der Waals surface area contributed by atoms with E-state index in [9.17, 15) is 9.59 Å². The van der Waals surface area contributed by atoms with Crippen LogP contribution in [0.5, 0.6) is 5.75 Å². The maximum Gasteiger partial charge on any atom is 0.276 e. The van der Waals surface area contributed by atoms with Gasteiger partial charge in [0.05, 0.1) is 6.04 Å². The zero-order valence-corrected chi connectivity index (χ0v) is 19.8. The number of nitrogens with zero attached hydrogens (tertiary/aromatic N) is 1. The van der Waals surface area contributed by atoms with Crippen molar-refractivity contribution in [1.29, 1.82) is 0 Å². The Kier molecular flexibility index (Phi) is 9.23. The molecule has 3 aromatic rings. The van der Waals surface area contributed by atoms with Gasteiger partial charge in [0.15, 0.2) is 6.61 Å². The van der Waals surface area contributed by atoms with Gasteiger partial charge >= 0.3 is 0 Å². The van der Waals surface area contributed by atoms with Crippen LogP contribution in [0.1, 0.15) is 48.9 Å². The summed E-state index contributed by atoms with van der Waals surface area (Å²) in [7, 11) is 0. The zero-order valence-electron chi connectivity index (χ0n) is 19.8. The number of rotatable bonds is 10. The molecule has 0 saturated carbocycles. The number of ether oxygens (including phenoxy) is 1. The predicted octanol–water partition coefficient (Wildman–Crippen LogP) is 4.54. The zero-order chi connectivity index (χ0) is 24.3. The number of nitrogens with one attached hydrogen (secondary N) is 1. The van der Waals surface area contributed by atoms with Gasteiger partial charge in [-0.05, 0) is 36.6 Å². The molecule has 0 aliphatic heterocycles. The number of aryl methyl sites for hydroxylation is 1. The highest BCUT2D eigenvalue weighted by molar-refractivity contribution is 5.86. The molecule has 34 heavy (non-hydrogen) atoms. The average Bonchev–Trinajstić information content (AvgIpc) is 2.87. The van der Waals surface area contributed by atoms with Crippen LogP contribution in [-0.4, -0.2) is 29.5 Å². The molecule has 2 amide bonds. The lowest BCUT2D eigenvalue weighted by Gasteiger charge is -2.34. The topological polar surface area (TPSA) is 84.7 Å². The second-order valence-electron chi connectivity index (χ2n) is 8.32. The monoisotopic (exact) mass is 459 g/mol. The minimum atomic E-state index is -0.730. The molecule has 3 aromatic carbocycles. The van der Waals surface area contributed by atoms with E-state index in [1.807, 2.05) is 79.7 Å². The molecule has 6 heteroatoms. The van der Waals surface area contributed by atoms with E-state index in [1.165, 1.54) is 5.01 Å². The van der Waals surface area contributed by atoms with Crippen molar-refractivity contribution < 1.29 is 14.3 Å². The highest BCUT2D eigenvalue weighted by Gasteiger charge is 2.31. The van der Waals surface area contributed by atoms with Gasteiger partial charge in [-0.3, -0.25) is 15.0 Å². The molecule has 1 unspecified atom stereocenters. The van der Waals surface area contributed by atoms with E-state index >= 15 is 0 Å². The summed E-state index contributed by atoms with van der Waals surface area (Å²) < 4.78 is 5.60.